The van der Waals surface area contributed by atoms with Gasteiger partial charge in [-0.1, -0.05) is 0 Å². The molecule has 4 heteroatoms. The fourth-order valence-corrected chi connectivity index (χ4v) is 2.20. The fraction of sp³-hybridized carbons (Fsp3) is 0.357. The van der Waals surface area contributed by atoms with Crippen LogP contribution in [-0.2, 0) is 18.3 Å². The van der Waals surface area contributed by atoms with Gasteiger partial charge in [-0.3, -0.25) is 4.79 Å². The Balaban J connectivity index is 2.26. The predicted molar refractivity (Wildman–Crippen MR) is 70.0 cm³/mol. The van der Waals surface area contributed by atoms with E-state index >= 15 is 0 Å². The Hall–Kier alpha value is -1.97. The van der Waals surface area contributed by atoms with Gasteiger partial charge in [-0.05, 0) is 30.5 Å². The van der Waals surface area contributed by atoms with Crippen molar-refractivity contribution in [2.75, 3.05) is 7.11 Å². The third-order valence-corrected chi connectivity index (χ3v) is 3.12. The lowest BCUT2D eigenvalue weighted by Crippen LogP contribution is -1.95. The minimum atomic E-state index is -0.739. The summed E-state index contributed by atoms with van der Waals surface area (Å²) in [6, 6.07) is 5.96. The van der Waals surface area contributed by atoms with Gasteiger partial charge in [-0.15, -0.1) is 0 Å². The number of ether oxygens (including phenoxy) is 1. The molecule has 96 valence electrons. The van der Waals surface area contributed by atoms with Gasteiger partial charge in [0.25, 0.3) is 0 Å². The molecular formula is C14H17NO3. The molecule has 0 saturated heterocycles. The molecule has 0 aliphatic heterocycles. The average molecular weight is 247 g/mol. The van der Waals surface area contributed by atoms with E-state index in [-0.39, 0.29) is 6.42 Å². The number of carbonyl (C=O) groups is 1. The van der Waals surface area contributed by atoms with Crippen molar-refractivity contribution in [3.05, 3.63) is 30.0 Å². The normalized spacial score (nSPS) is 10.8. The molecule has 1 aromatic carbocycles. The molecule has 2 aromatic rings. The van der Waals surface area contributed by atoms with Gasteiger partial charge in [0, 0.05) is 31.1 Å². The Morgan fingerprint density at radius 1 is 1.44 bits per heavy atom. The molecule has 0 aliphatic carbocycles. The zero-order valence-corrected chi connectivity index (χ0v) is 10.6. The van der Waals surface area contributed by atoms with Crippen LogP contribution in [0.4, 0.5) is 0 Å². The van der Waals surface area contributed by atoms with Crippen molar-refractivity contribution < 1.29 is 14.6 Å². The topological polar surface area (TPSA) is 51.5 Å². The SMILES string of the molecule is COc1ccc2c(CCCC(=O)O)cn(C)c2c1. The number of nitrogens with zero attached hydrogens (tertiary/aromatic N) is 1. The number of carboxylic acid groups (broad SMARTS) is 1. The maximum Gasteiger partial charge on any atom is 0.303 e. The lowest BCUT2D eigenvalue weighted by atomic mass is 10.1. The van der Waals surface area contributed by atoms with Crippen LogP contribution in [0.2, 0.25) is 0 Å². The molecular weight excluding hydrogens is 230 g/mol. The number of aromatic nitrogens is 1. The van der Waals surface area contributed by atoms with Gasteiger partial charge in [0.1, 0.15) is 5.75 Å². The van der Waals surface area contributed by atoms with E-state index in [9.17, 15) is 4.79 Å². The Kier molecular flexibility index (Phi) is 3.55. The van der Waals surface area contributed by atoms with Crippen LogP contribution in [-0.4, -0.2) is 22.8 Å². The summed E-state index contributed by atoms with van der Waals surface area (Å²) in [7, 11) is 3.64. The highest BCUT2D eigenvalue weighted by Crippen LogP contribution is 2.26. The molecule has 4 nitrogen and oxygen atoms in total. The Labute approximate surface area is 106 Å². The maximum atomic E-state index is 10.5. The lowest BCUT2D eigenvalue weighted by molar-refractivity contribution is -0.137. The van der Waals surface area contributed by atoms with Crippen molar-refractivity contribution in [2.45, 2.75) is 19.3 Å². The number of benzene rings is 1. The Bertz CT molecular complexity index is 572. The highest BCUT2D eigenvalue weighted by molar-refractivity contribution is 5.85. The van der Waals surface area contributed by atoms with Crippen LogP contribution in [0.3, 0.4) is 0 Å². The number of hydrogen-bond donors (Lipinski definition) is 1. The summed E-state index contributed by atoms with van der Waals surface area (Å²) in [5, 5.41) is 9.83. The fourth-order valence-electron chi connectivity index (χ4n) is 2.20. The van der Waals surface area contributed by atoms with Crippen LogP contribution < -0.4 is 4.74 Å². The standard InChI is InChI=1S/C14H17NO3/c1-15-9-10(4-3-5-14(16)17)12-7-6-11(18-2)8-13(12)15/h6-9H,3-5H2,1-2H3,(H,16,17). The van der Waals surface area contributed by atoms with Crippen LogP contribution in [0, 0.1) is 0 Å². The third-order valence-electron chi connectivity index (χ3n) is 3.12. The minimum absolute atomic E-state index is 0.215. The van der Waals surface area contributed by atoms with E-state index < -0.39 is 5.97 Å². The molecule has 0 radical (unpaired) electrons. The van der Waals surface area contributed by atoms with Crippen molar-refractivity contribution in [3.8, 4) is 5.75 Å². The van der Waals surface area contributed by atoms with Crippen LogP contribution in [0.1, 0.15) is 18.4 Å². The van der Waals surface area contributed by atoms with Gasteiger partial charge in [0.2, 0.25) is 0 Å². The maximum absolute atomic E-state index is 10.5. The van der Waals surface area contributed by atoms with Crippen molar-refractivity contribution in [3.63, 3.8) is 0 Å². The summed E-state index contributed by atoms with van der Waals surface area (Å²) >= 11 is 0. The number of aryl methyl sites for hydroxylation is 2. The largest absolute Gasteiger partial charge is 0.497 e. The summed E-state index contributed by atoms with van der Waals surface area (Å²) in [4.78, 5) is 10.5. The highest BCUT2D eigenvalue weighted by atomic mass is 16.5. The van der Waals surface area contributed by atoms with Crippen LogP contribution in [0.15, 0.2) is 24.4 Å². The third kappa shape index (κ3) is 2.47. The van der Waals surface area contributed by atoms with Crippen LogP contribution in [0.5, 0.6) is 5.75 Å². The first-order valence-corrected chi connectivity index (χ1v) is 5.95. The van der Waals surface area contributed by atoms with Crippen molar-refractivity contribution in [2.24, 2.45) is 7.05 Å². The number of rotatable bonds is 5. The first-order valence-electron chi connectivity index (χ1n) is 5.95. The first kappa shape index (κ1) is 12.5. The first-order chi connectivity index (χ1) is 8.61. The second-order valence-electron chi connectivity index (χ2n) is 4.40. The summed E-state index contributed by atoms with van der Waals surface area (Å²) < 4.78 is 7.26. The van der Waals surface area contributed by atoms with E-state index in [0.717, 1.165) is 17.7 Å². The number of carboxylic acids is 1. The molecule has 0 spiro atoms. The number of methoxy groups -OCH3 is 1. The van der Waals surface area contributed by atoms with Gasteiger partial charge >= 0.3 is 5.97 Å². The monoisotopic (exact) mass is 247 g/mol. The van der Waals surface area contributed by atoms with Crippen LogP contribution >= 0.6 is 0 Å². The van der Waals surface area contributed by atoms with E-state index in [2.05, 4.69) is 6.20 Å². The van der Waals surface area contributed by atoms with E-state index in [1.165, 1.54) is 10.9 Å². The zero-order chi connectivity index (χ0) is 13.1. The van der Waals surface area contributed by atoms with Crippen LogP contribution in [0.25, 0.3) is 10.9 Å². The van der Waals surface area contributed by atoms with E-state index in [1.54, 1.807) is 7.11 Å². The summed E-state index contributed by atoms with van der Waals surface area (Å²) in [6.45, 7) is 0. The molecule has 1 heterocycles. The Morgan fingerprint density at radius 2 is 2.22 bits per heavy atom. The molecule has 1 aromatic heterocycles. The summed E-state index contributed by atoms with van der Waals surface area (Å²) in [6.07, 6.45) is 3.73. The van der Waals surface area contributed by atoms with Gasteiger partial charge in [-0.25, -0.2) is 0 Å². The second-order valence-corrected chi connectivity index (χ2v) is 4.40. The predicted octanol–water partition coefficient (Wildman–Crippen LogP) is 2.59. The molecule has 0 amide bonds. The van der Waals surface area contributed by atoms with E-state index in [4.69, 9.17) is 9.84 Å². The highest BCUT2D eigenvalue weighted by Gasteiger charge is 2.08. The molecule has 18 heavy (non-hydrogen) atoms. The quantitative estimate of drug-likeness (QED) is 0.883. The molecule has 0 bridgehead atoms. The van der Waals surface area contributed by atoms with E-state index in [1.807, 2.05) is 29.8 Å². The van der Waals surface area contributed by atoms with Crippen molar-refractivity contribution >= 4 is 16.9 Å². The summed E-state index contributed by atoms with van der Waals surface area (Å²) in [5.41, 5.74) is 2.30. The van der Waals surface area contributed by atoms with Gasteiger partial charge in [0.15, 0.2) is 0 Å². The molecule has 1 N–H and O–H groups in total. The van der Waals surface area contributed by atoms with E-state index in [0.29, 0.717) is 6.42 Å². The number of fused-ring (bicyclic) bond motifs is 1. The molecule has 0 unspecified atom stereocenters. The molecule has 0 saturated carbocycles. The minimum Gasteiger partial charge on any atom is -0.497 e. The van der Waals surface area contributed by atoms with Crippen molar-refractivity contribution in [1.29, 1.82) is 0 Å². The Morgan fingerprint density at radius 3 is 2.89 bits per heavy atom. The lowest BCUT2D eigenvalue weighted by Gasteiger charge is -2.01. The number of hydrogen-bond acceptors (Lipinski definition) is 2. The second kappa shape index (κ2) is 5.12. The molecule has 0 aliphatic rings. The zero-order valence-electron chi connectivity index (χ0n) is 10.6. The average Bonchev–Trinajstić information content (AvgIpc) is 2.65. The van der Waals surface area contributed by atoms with Gasteiger partial charge in [-0.2, -0.15) is 0 Å². The molecule has 0 fully saturated rings. The number of aliphatic carboxylic acids is 1. The molecule has 2 rings (SSSR count). The van der Waals surface area contributed by atoms with Crippen molar-refractivity contribution in [1.82, 2.24) is 4.57 Å². The smallest absolute Gasteiger partial charge is 0.303 e. The molecule has 0 atom stereocenters. The summed E-state index contributed by atoms with van der Waals surface area (Å²) in [5.74, 6) is 0.0951. The van der Waals surface area contributed by atoms with Gasteiger partial charge in [0.05, 0.1) is 12.6 Å². The van der Waals surface area contributed by atoms with Gasteiger partial charge < -0.3 is 14.4 Å².